The molecule has 0 spiro atoms. The molecule has 1 atom stereocenters. The lowest BCUT2D eigenvalue weighted by atomic mass is 10.2. The summed E-state index contributed by atoms with van der Waals surface area (Å²) in [6, 6.07) is 8.70. The van der Waals surface area contributed by atoms with E-state index in [0.717, 1.165) is 71.2 Å². The van der Waals surface area contributed by atoms with Gasteiger partial charge in [-0.25, -0.2) is 4.99 Å². The molecule has 1 aromatic carbocycles. The van der Waals surface area contributed by atoms with E-state index < -0.39 is 0 Å². The molecule has 6 nitrogen and oxygen atoms in total. The molecule has 0 aliphatic carbocycles. The van der Waals surface area contributed by atoms with Crippen molar-refractivity contribution < 1.29 is 9.47 Å². The highest BCUT2D eigenvalue weighted by Crippen LogP contribution is 2.18. The Labute approximate surface area is 192 Å². The summed E-state index contributed by atoms with van der Waals surface area (Å²) in [5.41, 5.74) is 2.48. The molecule has 7 heteroatoms. The number of rotatable bonds is 10. The van der Waals surface area contributed by atoms with E-state index in [2.05, 4.69) is 58.9 Å². The lowest BCUT2D eigenvalue weighted by molar-refractivity contribution is 0.0168. The normalized spacial score (nSPS) is 18.7. The third-order valence-corrected chi connectivity index (χ3v) is 4.97. The molecule has 0 radical (unpaired) electrons. The lowest BCUT2D eigenvalue weighted by Gasteiger charge is -2.17. The minimum absolute atomic E-state index is 0. The second kappa shape index (κ2) is 13.8. The fourth-order valence-electron chi connectivity index (χ4n) is 3.38. The average Bonchev–Trinajstić information content (AvgIpc) is 3.43. The van der Waals surface area contributed by atoms with Gasteiger partial charge in [-0.15, -0.1) is 24.0 Å². The van der Waals surface area contributed by atoms with Crippen molar-refractivity contribution in [3.05, 3.63) is 42.0 Å². The van der Waals surface area contributed by atoms with Gasteiger partial charge in [-0.1, -0.05) is 24.3 Å². The van der Waals surface area contributed by atoms with Gasteiger partial charge in [0.25, 0.3) is 0 Å². The van der Waals surface area contributed by atoms with Gasteiger partial charge in [-0.3, -0.25) is 0 Å². The number of halogens is 1. The summed E-state index contributed by atoms with van der Waals surface area (Å²) in [5.74, 6) is 0.856. The highest BCUT2D eigenvalue weighted by atomic mass is 127. The first-order valence-electron chi connectivity index (χ1n) is 10.6. The van der Waals surface area contributed by atoms with Crippen molar-refractivity contribution in [3.8, 4) is 0 Å². The van der Waals surface area contributed by atoms with Crippen LogP contribution in [0.25, 0.3) is 0 Å². The van der Waals surface area contributed by atoms with E-state index >= 15 is 0 Å². The highest BCUT2D eigenvalue weighted by Gasteiger charge is 2.14. The van der Waals surface area contributed by atoms with E-state index in [-0.39, 0.29) is 24.0 Å². The van der Waals surface area contributed by atoms with Crippen LogP contribution in [0.1, 0.15) is 31.7 Å². The van der Waals surface area contributed by atoms with E-state index in [4.69, 9.17) is 14.5 Å². The molecule has 2 heterocycles. The van der Waals surface area contributed by atoms with Gasteiger partial charge in [-0.05, 0) is 43.9 Å². The molecule has 2 aliphatic heterocycles. The summed E-state index contributed by atoms with van der Waals surface area (Å²) in [4.78, 5) is 7.05. The number of anilines is 1. The topological polar surface area (TPSA) is 58.1 Å². The maximum Gasteiger partial charge on any atom is 0.191 e. The summed E-state index contributed by atoms with van der Waals surface area (Å²) in [7, 11) is 0. The molecule has 2 N–H and O–H groups in total. The van der Waals surface area contributed by atoms with Crippen LogP contribution in [0.15, 0.2) is 41.4 Å². The summed E-state index contributed by atoms with van der Waals surface area (Å²) >= 11 is 0. The minimum atomic E-state index is 0. The van der Waals surface area contributed by atoms with E-state index in [0.29, 0.717) is 12.6 Å². The lowest BCUT2D eigenvalue weighted by Crippen LogP contribution is -2.38. The molecule has 1 aromatic rings. The zero-order valence-corrected chi connectivity index (χ0v) is 19.8. The summed E-state index contributed by atoms with van der Waals surface area (Å²) in [6.45, 7) is 8.81. The summed E-state index contributed by atoms with van der Waals surface area (Å²) in [6.07, 6.45) is 7.97. The molecule has 0 saturated carbocycles. The Morgan fingerprint density at radius 1 is 1.21 bits per heavy atom. The number of benzene rings is 1. The van der Waals surface area contributed by atoms with Gasteiger partial charge in [0.2, 0.25) is 0 Å². The standard InChI is InChI=1S/C22H34N4O2.HI/c1-2-23-22(24-12-6-15-27-18-21-7-5-16-28-21)25-17-19-8-10-20(11-9-19)26-13-3-4-14-26;/h3-4,8-11,21H,2,5-7,12-18H2,1H3,(H2,23,24,25);1H. The quantitative estimate of drug-likeness (QED) is 0.165. The van der Waals surface area contributed by atoms with Crippen LogP contribution in [0.2, 0.25) is 0 Å². The monoisotopic (exact) mass is 514 g/mol. The second-order valence-corrected chi connectivity index (χ2v) is 7.23. The Morgan fingerprint density at radius 2 is 2.00 bits per heavy atom. The fourth-order valence-corrected chi connectivity index (χ4v) is 3.38. The van der Waals surface area contributed by atoms with E-state index in [1.165, 1.54) is 11.3 Å². The van der Waals surface area contributed by atoms with Gasteiger partial charge >= 0.3 is 0 Å². The Balaban J connectivity index is 0.00000300. The van der Waals surface area contributed by atoms with E-state index in [1.807, 2.05) is 0 Å². The van der Waals surface area contributed by atoms with Crippen molar-refractivity contribution in [1.29, 1.82) is 0 Å². The second-order valence-electron chi connectivity index (χ2n) is 7.23. The van der Waals surface area contributed by atoms with Crippen LogP contribution in [0.5, 0.6) is 0 Å². The molecule has 162 valence electrons. The fraction of sp³-hybridized carbons (Fsp3) is 0.591. The number of ether oxygens (including phenoxy) is 2. The molecule has 0 amide bonds. The highest BCUT2D eigenvalue weighted by molar-refractivity contribution is 14.0. The molecule has 0 bridgehead atoms. The zero-order chi connectivity index (χ0) is 19.4. The van der Waals surface area contributed by atoms with Crippen molar-refractivity contribution in [3.63, 3.8) is 0 Å². The largest absolute Gasteiger partial charge is 0.379 e. The predicted molar refractivity (Wildman–Crippen MR) is 130 cm³/mol. The number of hydrogen-bond acceptors (Lipinski definition) is 4. The number of nitrogens with zero attached hydrogens (tertiary/aromatic N) is 2. The van der Waals surface area contributed by atoms with Gasteiger partial charge in [0.05, 0.1) is 19.3 Å². The molecule has 1 saturated heterocycles. The first-order chi connectivity index (χ1) is 13.8. The SMILES string of the molecule is CCNC(=NCc1ccc(N2CC=CC2)cc1)NCCCOCC1CCCO1.I. The molecule has 3 rings (SSSR count). The third-order valence-electron chi connectivity index (χ3n) is 4.97. The van der Waals surface area contributed by atoms with Crippen molar-refractivity contribution in [1.82, 2.24) is 10.6 Å². The van der Waals surface area contributed by atoms with E-state index in [1.54, 1.807) is 0 Å². The summed E-state index contributed by atoms with van der Waals surface area (Å²) in [5, 5.41) is 6.69. The maximum absolute atomic E-state index is 5.71. The van der Waals surface area contributed by atoms with Crippen LogP contribution in [0.4, 0.5) is 5.69 Å². The Hall–Kier alpha value is -1.32. The average molecular weight is 514 g/mol. The van der Waals surface area contributed by atoms with Gasteiger partial charge < -0.3 is 25.0 Å². The predicted octanol–water partition coefficient (Wildman–Crippen LogP) is 3.32. The molecule has 0 aromatic heterocycles. The zero-order valence-electron chi connectivity index (χ0n) is 17.4. The Bertz CT molecular complexity index is 622. The van der Waals surface area contributed by atoms with Crippen LogP contribution in [0, 0.1) is 0 Å². The minimum Gasteiger partial charge on any atom is -0.379 e. The Kier molecular flexibility index (Phi) is 11.4. The number of guanidine groups is 1. The van der Waals surface area contributed by atoms with Crippen LogP contribution in [-0.4, -0.2) is 58.1 Å². The first-order valence-corrected chi connectivity index (χ1v) is 10.6. The summed E-state index contributed by atoms with van der Waals surface area (Å²) < 4.78 is 11.3. The van der Waals surface area contributed by atoms with Gasteiger partial charge in [-0.2, -0.15) is 0 Å². The third kappa shape index (κ3) is 8.52. The van der Waals surface area contributed by atoms with Crippen molar-refractivity contribution in [2.24, 2.45) is 4.99 Å². The Morgan fingerprint density at radius 3 is 2.69 bits per heavy atom. The molecule has 29 heavy (non-hydrogen) atoms. The molecular weight excluding hydrogens is 479 g/mol. The number of nitrogens with one attached hydrogen (secondary N) is 2. The van der Waals surface area contributed by atoms with Gasteiger partial charge in [0.15, 0.2) is 5.96 Å². The van der Waals surface area contributed by atoms with Crippen LogP contribution in [-0.2, 0) is 16.0 Å². The van der Waals surface area contributed by atoms with Crippen molar-refractivity contribution in [2.45, 2.75) is 38.8 Å². The van der Waals surface area contributed by atoms with Crippen molar-refractivity contribution in [2.75, 3.05) is 50.9 Å². The van der Waals surface area contributed by atoms with Crippen molar-refractivity contribution >= 4 is 35.6 Å². The van der Waals surface area contributed by atoms with Crippen LogP contribution < -0.4 is 15.5 Å². The van der Waals surface area contributed by atoms with Crippen LogP contribution in [0.3, 0.4) is 0 Å². The smallest absolute Gasteiger partial charge is 0.191 e. The van der Waals surface area contributed by atoms with Gasteiger partial charge in [0, 0.05) is 45.1 Å². The maximum atomic E-state index is 5.71. The first kappa shape index (κ1) is 24.0. The van der Waals surface area contributed by atoms with Gasteiger partial charge in [0.1, 0.15) is 0 Å². The molecule has 1 fully saturated rings. The molecular formula is C22H35IN4O2. The molecule has 2 aliphatic rings. The van der Waals surface area contributed by atoms with E-state index in [9.17, 15) is 0 Å². The molecule has 1 unspecified atom stereocenters. The number of hydrogen-bond donors (Lipinski definition) is 2. The number of aliphatic imine (C=N–C) groups is 1. The van der Waals surface area contributed by atoms with Crippen LogP contribution >= 0.6 is 24.0 Å².